The molecular formula is C14H26N2O4. The van der Waals surface area contributed by atoms with Crippen LogP contribution in [-0.2, 0) is 4.79 Å². The molecule has 1 heterocycles. The molecule has 1 saturated heterocycles. The number of carbonyl (C=O) groups is 2. The molecule has 2 atom stereocenters. The Labute approximate surface area is 120 Å². The molecule has 6 nitrogen and oxygen atoms in total. The summed E-state index contributed by atoms with van der Waals surface area (Å²) >= 11 is 0. The molecule has 1 aliphatic rings. The number of aliphatic carboxylic acids is 1. The van der Waals surface area contributed by atoms with Gasteiger partial charge in [-0.05, 0) is 24.7 Å². The van der Waals surface area contributed by atoms with Gasteiger partial charge in [-0.2, -0.15) is 0 Å². The van der Waals surface area contributed by atoms with Crippen molar-refractivity contribution in [1.82, 2.24) is 10.2 Å². The molecule has 0 aromatic heterocycles. The minimum absolute atomic E-state index is 0.102. The van der Waals surface area contributed by atoms with Crippen LogP contribution in [0.15, 0.2) is 0 Å². The second-order valence-electron chi connectivity index (χ2n) is 6.73. The molecule has 1 rings (SSSR count). The highest BCUT2D eigenvalue weighted by Crippen LogP contribution is 2.24. The van der Waals surface area contributed by atoms with Crippen molar-refractivity contribution >= 4 is 12.0 Å². The van der Waals surface area contributed by atoms with E-state index in [0.29, 0.717) is 25.9 Å². The fourth-order valence-electron chi connectivity index (χ4n) is 2.45. The van der Waals surface area contributed by atoms with Gasteiger partial charge in [0.2, 0.25) is 0 Å². The van der Waals surface area contributed by atoms with Gasteiger partial charge in [-0.1, -0.05) is 20.8 Å². The number of amides is 2. The monoisotopic (exact) mass is 286 g/mol. The van der Waals surface area contributed by atoms with Crippen LogP contribution in [0.25, 0.3) is 0 Å². The lowest BCUT2D eigenvalue weighted by Crippen LogP contribution is -2.48. The van der Waals surface area contributed by atoms with Crippen molar-refractivity contribution < 1.29 is 19.8 Å². The molecule has 6 heteroatoms. The Balaban J connectivity index is 2.46. The summed E-state index contributed by atoms with van der Waals surface area (Å²) in [7, 11) is 0. The Morgan fingerprint density at radius 3 is 2.55 bits per heavy atom. The van der Waals surface area contributed by atoms with Crippen molar-refractivity contribution in [1.29, 1.82) is 0 Å². The smallest absolute Gasteiger partial charge is 0.317 e. The second kappa shape index (κ2) is 6.92. The summed E-state index contributed by atoms with van der Waals surface area (Å²) in [4.78, 5) is 24.7. The second-order valence-corrected chi connectivity index (χ2v) is 6.73. The molecular weight excluding hydrogens is 260 g/mol. The quantitative estimate of drug-likeness (QED) is 0.726. The van der Waals surface area contributed by atoms with Crippen LogP contribution in [0.4, 0.5) is 4.79 Å². The number of carbonyl (C=O) groups excluding carboxylic acids is 1. The van der Waals surface area contributed by atoms with Gasteiger partial charge in [0.1, 0.15) is 0 Å². The number of hydrogen-bond donors (Lipinski definition) is 3. The Kier molecular flexibility index (Phi) is 5.80. The van der Waals surface area contributed by atoms with E-state index in [2.05, 4.69) is 5.32 Å². The van der Waals surface area contributed by atoms with Gasteiger partial charge in [-0.25, -0.2) is 4.79 Å². The zero-order chi connectivity index (χ0) is 15.3. The van der Waals surface area contributed by atoms with Crippen molar-refractivity contribution in [3.8, 4) is 0 Å². The molecule has 0 bridgehead atoms. The number of likely N-dealkylation sites (tertiary alicyclic amines) is 1. The molecule has 0 aromatic carbocycles. The van der Waals surface area contributed by atoms with Crippen LogP contribution < -0.4 is 5.32 Å². The SMILES string of the molecule is CC(C)(C)CC(CNC(=O)N1CCCC(O)C1)C(=O)O. The van der Waals surface area contributed by atoms with E-state index < -0.39 is 18.0 Å². The third-order valence-electron chi connectivity index (χ3n) is 3.39. The molecule has 0 spiro atoms. The summed E-state index contributed by atoms with van der Waals surface area (Å²) in [6.45, 7) is 6.99. The van der Waals surface area contributed by atoms with Gasteiger partial charge in [0.25, 0.3) is 0 Å². The number of nitrogens with one attached hydrogen (secondary N) is 1. The van der Waals surface area contributed by atoms with Crippen molar-refractivity contribution in [3.63, 3.8) is 0 Å². The number of nitrogens with zero attached hydrogens (tertiary/aromatic N) is 1. The van der Waals surface area contributed by atoms with Gasteiger partial charge in [-0.3, -0.25) is 4.79 Å². The van der Waals surface area contributed by atoms with Gasteiger partial charge < -0.3 is 20.4 Å². The molecule has 0 aromatic rings. The summed E-state index contributed by atoms with van der Waals surface area (Å²) in [5.74, 6) is -1.48. The number of piperidine rings is 1. The molecule has 3 N–H and O–H groups in total. The Bertz CT molecular complexity index is 352. The van der Waals surface area contributed by atoms with E-state index >= 15 is 0 Å². The maximum atomic E-state index is 11.9. The number of carboxylic acids is 1. The molecule has 0 aliphatic carbocycles. The van der Waals surface area contributed by atoms with Crippen LogP contribution in [-0.4, -0.2) is 52.9 Å². The fourth-order valence-corrected chi connectivity index (χ4v) is 2.45. The maximum Gasteiger partial charge on any atom is 0.317 e. The van der Waals surface area contributed by atoms with Crippen LogP contribution in [0.3, 0.4) is 0 Å². The number of urea groups is 1. The molecule has 116 valence electrons. The lowest BCUT2D eigenvalue weighted by molar-refractivity contribution is -0.142. The Morgan fingerprint density at radius 1 is 1.40 bits per heavy atom. The van der Waals surface area contributed by atoms with E-state index in [0.717, 1.165) is 6.42 Å². The molecule has 0 saturated carbocycles. The van der Waals surface area contributed by atoms with Crippen molar-refractivity contribution in [3.05, 3.63) is 0 Å². The van der Waals surface area contributed by atoms with Gasteiger partial charge in [0.05, 0.1) is 12.0 Å². The highest BCUT2D eigenvalue weighted by atomic mass is 16.4. The zero-order valence-corrected chi connectivity index (χ0v) is 12.6. The average molecular weight is 286 g/mol. The van der Waals surface area contributed by atoms with Crippen LogP contribution in [0, 0.1) is 11.3 Å². The summed E-state index contributed by atoms with van der Waals surface area (Å²) < 4.78 is 0. The maximum absolute atomic E-state index is 11.9. The lowest BCUT2D eigenvalue weighted by Gasteiger charge is -2.31. The highest BCUT2D eigenvalue weighted by molar-refractivity contribution is 5.76. The van der Waals surface area contributed by atoms with Gasteiger partial charge in [0.15, 0.2) is 0 Å². The van der Waals surface area contributed by atoms with E-state index in [4.69, 9.17) is 0 Å². The minimum atomic E-state index is -0.890. The molecule has 1 aliphatic heterocycles. The van der Waals surface area contributed by atoms with E-state index in [1.807, 2.05) is 20.8 Å². The first kappa shape index (κ1) is 16.8. The van der Waals surface area contributed by atoms with Crippen LogP contribution in [0.2, 0.25) is 0 Å². The summed E-state index contributed by atoms with van der Waals surface area (Å²) in [5.41, 5.74) is -0.102. The number of carboxylic acid groups (broad SMARTS) is 1. The largest absolute Gasteiger partial charge is 0.481 e. The number of aliphatic hydroxyl groups is 1. The lowest BCUT2D eigenvalue weighted by atomic mass is 9.84. The number of aliphatic hydroxyl groups excluding tert-OH is 1. The van der Waals surface area contributed by atoms with Crippen LogP contribution in [0.5, 0.6) is 0 Å². The summed E-state index contributed by atoms with van der Waals surface area (Å²) in [6.07, 6.45) is 1.52. The summed E-state index contributed by atoms with van der Waals surface area (Å²) in [6, 6.07) is -0.288. The van der Waals surface area contributed by atoms with Crippen molar-refractivity contribution in [2.75, 3.05) is 19.6 Å². The first-order valence-electron chi connectivity index (χ1n) is 7.12. The van der Waals surface area contributed by atoms with Crippen LogP contribution >= 0.6 is 0 Å². The molecule has 1 fully saturated rings. The fraction of sp³-hybridized carbons (Fsp3) is 0.857. The Hall–Kier alpha value is -1.30. The van der Waals surface area contributed by atoms with Crippen molar-refractivity contribution in [2.45, 2.75) is 46.1 Å². The zero-order valence-electron chi connectivity index (χ0n) is 12.6. The Morgan fingerprint density at radius 2 is 2.05 bits per heavy atom. The van der Waals surface area contributed by atoms with Gasteiger partial charge in [0, 0.05) is 19.6 Å². The third-order valence-corrected chi connectivity index (χ3v) is 3.39. The van der Waals surface area contributed by atoms with E-state index in [9.17, 15) is 19.8 Å². The van der Waals surface area contributed by atoms with E-state index in [1.54, 1.807) is 4.90 Å². The normalized spacial score (nSPS) is 21.4. The number of β-amino-alcohol motifs (C(OH)–C–C–N with tert-alkyl or cyclic N) is 1. The standard InChI is InChI=1S/C14H26N2O4/c1-14(2,3)7-10(12(18)19)8-15-13(20)16-6-4-5-11(17)9-16/h10-11,17H,4-9H2,1-3H3,(H,15,20)(H,18,19). The minimum Gasteiger partial charge on any atom is -0.481 e. The number of rotatable bonds is 4. The van der Waals surface area contributed by atoms with Crippen molar-refractivity contribution in [2.24, 2.45) is 11.3 Å². The predicted molar refractivity (Wildman–Crippen MR) is 75.4 cm³/mol. The first-order chi connectivity index (χ1) is 9.19. The third kappa shape index (κ3) is 5.77. The summed E-state index contributed by atoms with van der Waals surface area (Å²) in [5, 5.41) is 21.4. The average Bonchev–Trinajstić information content (AvgIpc) is 2.32. The first-order valence-corrected chi connectivity index (χ1v) is 7.12. The molecule has 2 amide bonds. The highest BCUT2D eigenvalue weighted by Gasteiger charge is 2.27. The topological polar surface area (TPSA) is 89.9 Å². The van der Waals surface area contributed by atoms with Crippen LogP contribution in [0.1, 0.15) is 40.0 Å². The molecule has 0 radical (unpaired) electrons. The molecule has 2 unspecified atom stereocenters. The van der Waals surface area contributed by atoms with Gasteiger partial charge in [-0.15, -0.1) is 0 Å². The van der Waals surface area contributed by atoms with Gasteiger partial charge >= 0.3 is 12.0 Å². The number of hydrogen-bond acceptors (Lipinski definition) is 3. The van der Waals surface area contributed by atoms with E-state index in [-0.39, 0.29) is 18.0 Å². The van der Waals surface area contributed by atoms with E-state index in [1.165, 1.54) is 0 Å². The molecule has 20 heavy (non-hydrogen) atoms. The predicted octanol–water partition coefficient (Wildman–Crippen LogP) is 1.29.